The third-order valence-corrected chi connectivity index (χ3v) is 3.56. The van der Waals surface area contributed by atoms with Crippen molar-refractivity contribution >= 4 is 5.91 Å². The van der Waals surface area contributed by atoms with Crippen molar-refractivity contribution in [3.63, 3.8) is 0 Å². The number of rotatable bonds is 1. The lowest BCUT2D eigenvalue weighted by atomic mass is 9.89. The Kier molecular flexibility index (Phi) is 3.29. The summed E-state index contributed by atoms with van der Waals surface area (Å²) in [5.74, 6) is 1.09. The van der Waals surface area contributed by atoms with Gasteiger partial charge in [0.15, 0.2) is 0 Å². The molecule has 0 aliphatic carbocycles. The highest BCUT2D eigenvalue weighted by Gasteiger charge is 2.33. The quantitative estimate of drug-likeness (QED) is 0.660. The predicted octanol–water partition coefficient (Wildman–Crippen LogP) is 1.67. The largest absolute Gasteiger partial charge is 0.379 e. The molecule has 0 spiro atoms. The first-order chi connectivity index (χ1) is 7.18. The molecule has 0 aromatic rings. The van der Waals surface area contributed by atoms with Gasteiger partial charge in [-0.05, 0) is 25.2 Å². The average molecular weight is 211 g/mol. The zero-order valence-corrected chi connectivity index (χ0v) is 9.74. The van der Waals surface area contributed by atoms with E-state index >= 15 is 0 Å². The van der Waals surface area contributed by atoms with Gasteiger partial charge in [-0.25, -0.2) is 0 Å². The molecular formula is C12H21NO2. The molecule has 2 bridgehead atoms. The van der Waals surface area contributed by atoms with Crippen LogP contribution in [0.5, 0.6) is 0 Å². The number of carbonyl (C=O) groups is 1. The van der Waals surface area contributed by atoms with Crippen molar-refractivity contribution in [3.8, 4) is 0 Å². The Balaban J connectivity index is 2.07. The molecule has 3 saturated heterocycles. The van der Waals surface area contributed by atoms with E-state index in [-0.39, 0.29) is 5.92 Å². The monoisotopic (exact) mass is 211 g/mol. The Morgan fingerprint density at radius 1 is 1.33 bits per heavy atom. The third kappa shape index (κ3) is 2.33. The number of hydrogen-bond acceptors (Lipinski definition) is 2. The Bertz CT molecular complexity index is 236. The van der Waals surface area contributed by atoms with Crippen molar-refractivity contribution in [2.45, 2.75) is 39.2 Å². The molecule has 1 amide bonds. The van der Waals surface area contributed by atoms with Crippen molar-refractivity contribution in [2.24, 2.45) is 11.8 Å². The summed E-state index contributed by atoms with van der Waals surface area (Å²) >= 11 is 0. The number of amides is 1. The highest BCUT2D eigenvalue weighted by Crippen LogP contribution is 2.28. The maximum Gasteiger partial charge on any atom is 0.225 e. The molecule has 0 aromatic carbocycles. The summed E-state index contributed by atoms with van der Waals surface area (Å²) in [6.45, 7) is 6.55. The van der Waals surface area contributed by atoms with E-state index in [1.165, 1.54) is 6.42 Å². The first-order valence-corrected chi connectivity index (χ1v) is 6.06. The van der Waals surface area contributed by atoms with E-state index in [2.05, 4.69) is 4.90 Å². The number of piperidine rings is 1. The molecule has 3 heterocycles. The number of fused-ring (bicyclic) bond motifs is 5. The van der Waals surface area contributed by atoms with E-state index in [0.717, 1.165) is 32.6 Å². The SMILES string of the molecule is CC(C)C(=O)N1CC2CCOCC1CC2. The smallest absolute Gasteiger partial charge is 0.225 e. The molecule has 2 atom stereocenters. The molecule has 3 fully saturated rings. The fourth-order valence-corrected chi connectivity index (χ4v) is 2.58. The Labute approximate surface area is 91.8 Å². The fraction of sp³-hybridized carbons (Fsp3) is 0.917. The van der Waals surface area contributed by atoms with Crippen LogP contribution >= 0.6 is 0 Å². The van der Waals surface area contributed by atoms with Crippen LogP contribution in [0.4, 0.5) is 0 Å². The first kappa shape index (κ1) is 10.9. The molecule has 3 aliphatic heterocycles. The van der Waals surface area contributed by atoms with Crippen LogP contribution in [0.15, 0.2) is 0 Å². The lowest BCUT2D eigenvalue weighted by Gasteiger charge is -2.42. The second-order valence-corrected chi connectivity index (χ2v) is 5.11. The Morgan fingerprint density at radius 3 is 2.87 bits per heavy atom. The van der Waals surface area contributed by atoms with Gasteiger partial charge in [-0.2, -0.15) is 0 Å². The maximum absolute atomic E-state index is 12.0. The van der Waals surface area contributed by atoms with Crippen LogP contribution in [0.1, 0.15) is 33.1 Å². The van der Waals surface area contributed by atoms with E-state index in [0.29, 0.717) is 17.9 Å². The van der Waals surface area contributed by atoms with Crippen molar-refractivity contribution in [3.05, 3.63) is 0 Å². The van der Waals surface area contributed by atoms with Gasteiger partial charge in [0.25, 0.3) is 0 Å². The summed E-state index contributed by atoms with van der Waals surface area (Å²) in [5.41, 5.74) is 0. The zero-order valence-electron chi connectivity index (χ0n) is 9.74. The van der Waals surface area contributed by atoms with E-state index in [4.69, 9.17) is 4.74 Å². The van der Waals surface area contributed by atoms with Crippen molar-refractivity contribution in [1.82, 2.24) is 4.90 Å². The van der Waals surface area contributed by atoms with Crippen LogP contribution in [0.2, 0.25) is 0 Å². The molecule has 0 saturated carbocycles. The zero-order chi connectivity index (χ0) is 10.8. The number of hydrogen-bond donors (Lipinski definition) is 0. The van der Waals surface area contributed by atoms with Gasteiger partial charge in [0, 0.05) is 19.1 Å². The standard InChI is InChI=1S/C12H21NO2/c1-9(2)12(14)13-7-10-3-4-11(13)8-15-6-5-10/h9-11H,3-8H2,1-2H3. The van der Waals surface area contributed by atoms with Gasteiger partial charge in [0.05, 0.1) is 12.6 Å². The number of ether oxygens (including phenoxy) is 1. The van der Waals surface area contributed by atoms with Gasteiger partial charge in [0.2, 0.25) is 5.91 Å². The summed E-state index contributed by atoms with van der Waals surface area (Å²) in [5, 5.41) is 0. The molecular weight excluding hydrogens is 190 g/mol. The van der Waals surface area contributed by atoms with Crippen LogP contribution in [-0.2, 0) is 9.53 Å². The van der Waals surface area contributed by atoms with E-state index < -0.39 is 0 Å². The van der Waals surface area contributed by atoms with Gasteiger partial charge in [-0.15, -0.1) is 0 Å². The minimum atomic E-state index is 0.116. The first-order valence-electron chi connectivity index (χ1n) is 6.06. The fourth-order valence-electron chi connectivity index (χ4n) is 2.58. The molecule has 0 radical (unpaired) electrons. The van der Waals surface area contributed by atoms with E-state index in [1.807, 2.05) is 13.8 Å². The van der Waals surface area contributed by atoms with Crippen LogP contribution in [0, 0.1) is 11.8 Å². The van der Waals surface area contributed by atoms with Crippen molar-refractivity contribution in [2.75, 3.05) is 19.8 Å². The number of nitrogens with zero attached hydrogens (tertiary/aromatic N) is 1. The van der Waals surface area contributed by atoms with Crippen LogP contribution in [0.3, 0.4) is 0 Å². The van der Waals surface area contributed by atoms with Crippen molar-refractivity contribution in [1.29, 1.82) is 0 Å². The normalized spacial score (nSPS) is 31.5. The second kappa shape index (κ2) is 4.52. The molecule has 0 aromatic heterocycles. The Hall–Kier alpha value is -0.570. The van der Waals surface area contributed by atoms with Crippen LogP contribution < -0.4 is 0 Å². The van der Waals surface area contributed by atoms with Crippen LogP contribution in [0.25, 0.3) is 0 Å². The Morgan fingerprint density at radius 2 is 2.13 bits per heavy atom. The topological polar surface area (TPSA) is 29.5 Å². The van der Waals surface area contributed by atoms with E-state index in [1.54, 1.807) is 0 Å². The average Bonchev–Trinajstić information content (AvgIpc) is 2.17. The summed E-state index contributed by atoms with van der Waals surface area (Å²) in [6.07, 6.45) is 3.52. The molecule has 0 N–H and O–H groups in total. The third-order valence-electron chi connectivity index (χ3n) is 3.56. The second-order valence-electron chi connectivity index (χ2n) is 5.11. The lowest BCUT2D eigenvalue weighted by Crippen LogP contribution is -2.51. The van der Waals surface area contributed by atoms with Gasteiger partial charge in [-0.1, -0.05) is 13.8 Å². The molecule has 2 unspecified atom stereocenters. The van der Waals surface area contributed by atoms with Crippen LogP contribution in [-0.4, -0.2) is 36.6 Å². The van der Waals surface area contributed by atoms with Gasteiger partial charge in [-0.3, -0.25) is 4.79 Å². The summed E-state index contributed by atoms with van der Waals surface area (Å²) in [6, 6.07) is 0.344. The maximum atomic E-state index is 12.0. The van der Waals surface area contributed by atoms with Gasteiger partial charge < -0.3 is 9.64 Å². The van der Waals surface area contributed by atoms with Gasteiger partial charge >= 0.3 is 0 Å². The molecule has 3 aliphatic rings. The highest BCUT2D eigenvalue weighted by atomic mass is 16.5. The molecule has 86 valence electrons. The van der Waals surface area contributed by atoms with E-state index in [9.17, 15) is 4.79 Å². The summed E-state index contributed by atoms with van der Waals surface area (Å²) in [7, 11) is 0. The van der Waals surface area contributed by atoms with Gasteiger partial charge in [0.1, 0.15) is 0 Å². The highest BCUT2D eigenvalue weighted by molar-refractivity contribution is 5.78. The number of carbonyl (C=O) groups excluding carboxylic acids is 1. The molecule has 15 heavy (non-hydrogen) atoms. The minimum Gasteiger partial charge on any atom is -0.379 e. The molecule has 3 heteroatoms. The predicted molar refractivity (Wildman–Crippen MR) is 58.5 cm³/mol. The summed E-state index contributed by atoms with van der Waals surface area (Å²) in [4.78, 5) is 14.1. The minimum absolute atomic E-state index is 0.116. The lowest BCUT2D eigenvalue weighted by molar-refractivity contribution is -0.143. The van der Waals surface area contributed by atoms with Crippen molar-refractivity contribution < 1.29 is 9.53 Å². The molecule has 3 rings (SSSR count). The summed E-state index contributed by atoms with van der Waals surface area (Å²) < 4.78 is 5.57. The molecule has 3 nitrogen and oxygen atoms in total.